The summed E-state index contributed by atoms with van der Waals surface area (Å²) in [5.41, 5.74) is 5.73. The smallest absolute Gasteiger partial charge is 0.00746 e. The van der Waals surface area contributed by atoms with Crippen LogP contribution in [-0.4, -0.2) is 6.54 Å². The Balaban J connectivity index is 3.45. The van der Waals surface area contributed by atoms with Crippen LogP contribution in [-0.2, 0) is 0 Å². The van der Waals surface area contributed by atoms with Crippen LogP contribution in [0.25, 0.3) is 0 Å². The summed E-state index contributed by atoms with van der Waals surface area (Å²) in [6.45, 7) is 5.45. The maximum absolute atomic E-state index is 5.73. The van der Waals surface area contributed by atoms with Gasteiger partial charge in [-0.3, -0.25) is 0 Å². The van der Waals surface area contributed by atoms with Crippen molar-refractivity contribution in [2.24, 2.45) is 11.7 Å². The van der Waals surface area contributed by atoms with Crippen molar-refractivity contribution in [1.82, 2.24) is 0 Å². The molecule has 0 spiro atoms. The van der Waals surface area contributed by atoms with Crippen LogP contribution in [0.5, 0.6) is 0 Å². The van der Waals surface area contributed by atoms with Crippen LogP contribution in [0.4, 0.5) is 0 Å². The summed E-state index contributed by atoms with van der Waals surface area (Å²) in [5, 5.41) is 0. The molecule has 0 aromatic carbocycles. The predicted octanol–water partition coefficient (Wildman–Crippen LogP) is 5.67. The zero-order valence-electron chi connectivity index (χ0n) is 13.1. The van der Waals surface area contributed by atoms with E-state index in [2.05, 4.69) is 13.8 Å². The molecule has 0 amide bonds. The maximum Gasteiger partial charge on any atom is -0.00746 e. The van der Waals surface area contributed by atoms with Gasteiger partial charge in [0.25, 0.3) is 0 Å². The van der Waals surface area contributed by atoms with E-state index < -0.39 is 0 Å². The van der Waals surface area contributed by atoms with Gasteiger partial charge in [-0.25, -0.2) is 0 Å². The first-order valence-corrected chi connectivity index (χ1v) is 8.55. The summed E-state index contributed by atoms with van der Waals surface area (Å²) in [5.74, 6) is 0.915. The third kappa shape index (κ3) is 12.4. The van der Waals surface area contributed by atoms with Gasteiger partial charge in [-0.2, -0.15) is 0 Å². The topological polar surface area (TPSA) is 26.0 Å². The fraction of sp³-hybridized carbons (Fsp3) is 1.00. The molecular weight excluding hydrogens is 218 g/mol. The Bertz CT molecular complexity index is 131. The molecule has 1 heteroatoms. The first-order valence-electron chi connectivity index (χ1n) is 8.55. The zero-order valence-corrected chi connectivity index (χ0v) is 13.1. The summed E-state index contributed by atoms with van der Waals surface area (Å²) >= 11 is 0. The van der Waals surface area contributed by atoms with Gasteiger partial charge in [0.1, 0.15) is 0 Å². The van der Waals surface area contributed by atoms with Gasteiger partial charge in [-0.15, -0.1) is 0 Å². The molecule has 0 fully saturated rings. The molecule has 0 bridgehead atoms. The van der Waals surface area contributed by atoms with E-state index in [4.69, 9.17) is 5.73 Å². The fourth-order valence-corrected chi connectivity index (χ4v) is 2.74. The lowest BCUT2D eigenvalue weighted by Gasteiger charge is -2.15. The second kappa shape index (κ2) is 15.0. The molecule has 0 rings (SSSR count). The lowest BCUT2D eigenvalue weighted by atomic mass is 9.91. The Morgan fingerprint density at radius 3 is 1.44 bits per heavy atom. The van der Waals surface area contributed by atoms with Gasteiger partial charge in [0.15, 0.2) is 0 Å². The van der Waals surface area contributed by atoms with Crippen LogP contribution < -0.4 is 5.73 Å². The lowest BCUT2D eigenvalue weighted by molar-refractivity contribution is 0.385. The average Bonchev–Trinajstić information content (AvgIpc) is 2.38. The van der Waals surface area contributed by atoms with Crippen molar-refractivity contribution in [2.45, 2.75) is 97.3 Å². The van der Waals surface area contributed by atoms with Gasteiger partial charge < -0.3 is 5.73 Å². The highest BCUT2D eigenvalue weighted by Crippen LogP contribution is 2.21. The number of hydrogen-bond acceptors (Lipinski definition) is 1. The second-order valence-electron chi connectivity index (χ2n) is 5.85. The minimum Gasteiger partial charge on any atom is -0.330 e. The highest BCUT2D eigenvalue weighted by Gasteiger charge is 2.07. The number of nitrogens with two attached hydrogens (primary N) is 1. The van der Waals surface area contributed by atoms with Crippen LogP contribution in [0.1, 0.15) is 97.3 Å². The standard InChI is InChI=1S/C17H37N/c1-3-5-7-9-11-13-17(15-16-18)14-12-10-8-6-4-2/h17H,3-16,18H2,1-2H3. The van der Waals surface area contributed by atoms with Crippen molar-refractivity contribution < 1.29 is 0 Å². The van der Waals surface area contributed by atoms with E-state index in [9.17, 15) is 0 Å². The van der Waals surface area contributed by atoms with Crippen LogP contribution in [0.2, 0.25) is 0 Å². The van der Waals surface area contributed by atoms with Gasteiger partial charge in [-0.05, 0) is 18.9 Å². The molecular formula is C17H37N. The quantitative estimate of drug-likeness (QED) is 0.397. The van der Waals surface area contributed by atoms with E-state index in [0.29, 0.717) is 0 Å². The molecule has 0 aromatic rings. The summed E-state index contributed by atoms with van der Waals surface area (Å²) in [6, 6.07) is 0. The van der Waals surface area contributed by atoms with E-state index in [1.807, 2.05) is 0 Å². The van der Waals surface area contributed by atoms with Crippen molar-refractivity contribution >= 4 is 0 Å². The summed E-state index contributed by atoms with van der Waals surface area (Å²) < 4.78 is 0. The molecule has 0 aliphatic carbocycles. The van der Waals surface area contributed by atoms with Crippen molar-refractivity contribution in [3.8, 4) is 0 Å². The van der Waals surface area contributed by atoms with Crippen LogP contribution in [0, 0.1) is 5.92 Å². The number of rotatable bonds is 14. The fourth-order valence-electron chi connectivity index (χ4n) is 2.74. The van der Waals surface area contributed by atoms with Crippen molar-refractivity contribution in [3.63, 3.8) is 0 Å². The Kier molecular flexibility index (Phi) is 15.0. The molecule has 0 radical (unpaired) electrons. The molecule has 0 aromatic heterocycles. The van der Waals surface area contributed by atoms with Crippen LogP contribution in [0.15, 0.2) is 0 Å². The van der Waals surface area contributed by atoms with Crippen molar-refractivity contribution in [2.75, 3.05) is 6.54 Å². The predicted molar refractivity (Wildman–Crippen MR) is 83.9 cm³/mol. The molecule has 0 saturated heterocycles. The molecule has 1 nitrogen and oxygen atoms in total. The molecule has 0 heterocycles. The normalized spacial score (nSPS) is 11.3. The molecule has 0 aliphatic heterocycles. The Morgan fingerprint density at radius 1 is 0.611 bits per heavy atom. The Morgan fingerprint density at radius 2 is 1.06 bits per heavy atom. The minimum atomic E-state index is 0.884. The minimum absolute atomic E-state index is 0.884. The van der Waals surface area contributed by atoms with Gasteiger partial charge in [0.2, 0.25) is 0 Å². The summed E-state index contributed by atoms with van der Waals surface area (Å²) in [7, 11) is 0. The van der Waals surface area contributed by atoms with E-state index in [-0.39, 0.29) is 0 Å². The Hall–Kier alpha value is -0.0400. The third-order valence-electron chi connectivity index (χ3n) is 4.01. The SMILES string of the molecule is CCCCCCCC(CCN)CCCCCCC. The molecule has 18 heavy (non-hydrogen) atoms. The van der Waals surface area contributed by atoms with Crippen LogP contribution in [0.3, 0.4) is 0 Å². The summed E-state index contributed by atoms with van der Waals surface area (Å²) in [4.78, 5) is 0. The monoisotopic (exact) mass is 255 g/mol. The van der Waals surface area contributed by atoms with Crippen LogP contribution >= 0.6 is 0 Å². The molecule has 0 saturated carbocycles. The first kappa shape index (κ1) is 18.0. The van der Waals surface area contributed by atoms with Gasteiger partial charge >= 0.3 is 0 Å². The third-order valence-corrected chi connectivity index (χ3v) is 4.01. The maximum atomic E-state index is 5.73. The van der Waals surface area contributed by atoms with Gasteiger partial charge in [0.05, 0.1) is 0 Å². The van der Waals surface area contributed by atoms with Crippen molar-refractivity contribution in [3.05, 3.63) is 0 Å². The lowest BCUT2D eigenvalue weighted by Crippen LogP contribution is -2.09. The van der Waals surface area contributed by atoms with Gasteiger partial charge in [0, 0.05) is 0 Å². The zero-order chi connectivity index (χ0) is 13.5. The van der Waals surface area contributed by atoms with Gasteiger partial charge in [-0.1, -0.05) is 90.9 Å². The summed E-state index contributed by atoms with van der Waals surface area (Å²) in [6.07, 6.45) is 18.2. The molecule has 0 atom stereocenters. The van der Waals surface area contributed by atoms with E-state index >= 15 is 0 Å². The molecule has 0 unspecified atom stereocenters. The Labute approximate surface area is 116 Å². The number of unbranched alkanes of at least 4 members (excludes halogenated alkanes) is 8. The van der Waals surface area contributed by atoms with E-state index in [0.717, 1.165) is 12.5 Å². The highest BCUT2D eigenvalue weighted by atomic mass is 14.5. The molecule has 110 valence electrons. The van der Waals surface area contributed by atoms with E-state index in [1.165, 1.54) is 83.5 Å². The highest BCUT2D eigenvalue weighted by molar-refractivity contribution is 4.61. The molecule has 2 N–H and O–H groups in total. The second-order valence-corrected chi connectivity index (χ2v) is 5.85. The largest absolute Gasteiger partial charge is 0.330 e. The van der Waals surface area contributed by atoms with Crippen molar-refractivity contribution in [1.29, 1.82) is 0 Å². The average molecular weight is 255 g/mol. The number of hydrogen-bond donors (Lipinski definition) is 1. The first-order chi connectivity index (χ1) is 8.85. The molecule has 0 aliphatic rings. The van der Waals surface area contributed by atoms with E-state index in [1.54, 1.807) is 0 Å².